The topological polar surface area (TPSA) is 0 Å². The van der Waals surface area contributed by atoms with Crippen molar-refractivity contribution in [2.75, 3.05) is 0 Å². The molecular formula is C13H14. The zero-order valence-electron chi connectivity index (χ0n) is 7.79. The Balaban J connectivity index is 2.00. The van der Waals surface area contributed by atoms with Crippen LogP contribution in [0.1, 0.15) is 24.8 Å². The highest BCUT2D eigenvalue weighted by Crippen LogP contribution is 2.17. The van der Waals surface area contributed by atoms with E-state index in [1.165, 1.54) is 18.4 Å². The first-order valence-electron chi connectivity index (χ1n) is 4.97. The van der Waals surface area contributed by atoms with Gasteiger partial charge in [-0.05, 0) is 24.8 Å². The lowest BCUT2D eigenvalue weighted by molar-refractivity contribution is 0.567. The molecule has 0 N–H and O–H groups in total. The van der Waals surface area contributed by atoms with E-state index in [1.807, 2.05) is 0 Å². The van der Waals surface area contributed by atoms with Crippen LogP contribution in [0.3, 0.4) is 0 Å². The van der Waals surface area contributed by atoms with E-state index in [1.54, 1.807) is 0 Å². The Bertz CT molecular complexity index is 313. The number of rotatable bonds is 2. The summed E-state index contributed by atoms with van der Waals surface area (Å²) in [6, 6.07) is 10.7. The quantitative estimate of drug-likeness (QED) is 0.598. The fourth-order valence-electron chi connectivity index (χ4n) is 1.78. The summed E-state index contributed by atoms with van der Waals surface area (Å²) in [7, 11) is 0. The molecule has 1 aliphatic carbocycles. The van der Waals surface area contributed by atoms with Crippen molar-refractivity contribution in [1.82, 2.24) is 0 Å². The highest BCUT2D eigenvalue weighted by atomic mass is 14.1. The summed E-state index contributed by atoms with van der Waals surface area (Å²) >= 11 is 0. The monoisotopic (exact) mass is 170 g/mol. The Labute approximate surface area is 80.0 Å². The molecule has 1 atom stereocenters. The summed E-state index contributed by atoms with van der Waals surface area (Å²) in [5.41, 5.74) is 1.42. The molecule has 0 heteroatoms. The van der Waals surface area contributed by atoms with Crippen LogP contribution in [0.4, 0.5) is 0 Å². The van der Waals surface area contributed by atoms with E-state index in [2.05, 4.69) is 42.2 Å². The maximum atomic E-state index is 3.32. The molecule has 0 amide bonds. The normalized spacial score (nSPS) is 20.5. The van der Waals surface area contributed by atoms with Gasteiger partial charge in [0.1, 0.15) is 0 Å². The van der Waals surface area contributed by atoms with Crippen molar-refractivity contribution in [3.63, 3.8) is 0 Å². The molecule has 0 aliphatic heterocycles. The molecule has 0 heterocycles. The molecule has 0 aromatic heterocycles. The lowest BCUT2D eigenvalue weighted by Crippen LogP contribution is -2.04. The lowest BCUT2D eigenvalue weighted by atomic mass is 9.92. The van der Waals surface area contributed by atoms with Crippen LogP contribution < -0.4 is 0 Å². The minimum Gasteiger partial charge on any atom is -0.103 e. The SMILES string of the molecule is C1#CC(Cc2ccccc2)CCC1. The maximum Gasteiger partial charge on any atom is 0.0243 e. The molecule has 0 saturated heterocycles. The Morgan fingerprint density at radius 2 is 2.08 bits per heavy atom. The molecule has 0 nitrogen and oxygen atoms in total. The molecule has 0 fully saturated rings. The second-order valence-electron chi connectivity index (χ2n) is 3.60. The van der Waals surface area contributed by atoms with Crippen LogP contribution in [0, 0.1) is 17.8 Å². The van der Waals surface area contributed by atoms with Crippen LogP contribution in [0.5, 0.6) is 0 Å². The van der Waals surface area contributed by atoms with Crippen LogP contribution >= 0.6 is 0 Å². The van der Waals surface area contributed by atoms with Crippen LogP contribution in [0.15, 0.2) is 30.3 Å². The van der Waals surface area contributed by atoms with Gasteiger partial charge in [-0.2, -0.15) is 0 Å². The highest BCUT2D eigenvalue weighted by molar-refractivity contribution is 5.18. The van der Waals surface area contributed by atoms with E-state index >= 15 is 0 Å². The van der Waals surface area contributed by atoms with Crippen molar-refractivity contribution in [3.05, 3.63) is 35.9 Å². The molecule has 0 bridgehead atoms. The Kier molecular flexibility index (Phi) is 2.67. The molecule has 13 heavy (non-hydrogen) atoms. The van der Waals surface area contributed by atoms with Gasteiger partial charge in [0.15, 0.2) is 0 Å². The maximum absolute atomic E-state index is 3.32. The van der Waals surface area contributed by atoms with Gasteiger partial charge in [0.2, 0.25) is 0 Å². The number of hydrogen-bond acceptors (Lipinski definition) is 0. The third-order valence-corrected chi connectivity index (χ3v) is 2.49. The van der Waals surface area contributed by atoms with E-state index in [4.69, 9.17) is 0 Å². The summed E-state index contributed by atoms with van der Waals surface area (Å²) in [6.07, 6.45) is 4.80. The predicted molar refractivity (Wildman–Crippen MR) is 55.3 cm³/mol. The van der Waals surface area contributed by atoms with Gasteiger partial charge in [-0.25, -0.2) is 0 Å². The molecule has 0 radical (unpaired) electrons. The van der Waals surface area contributed by atoms with E-state index in [0.29, 0.717) is 5.92 Å². The summed E-state index contributed by atoms with van der Waals surface area (Å²) < 4.78 is 0. The van der Waals surface area contributed by atoms with Gasteiger partial charge in [0.25, 0.3) is 0 Å². The largest absolute Gasteiger partial charge is 0.103 e. The molecular weight excluding hydrogens is 156 g/mol. The zero-order valence-corrected chi connectivity index (χ0v) is 7.79. The molecule has 0 spiro atoms. The van der Waals surface area contributed by atoms with E-state index in [9.17, 15) is 0 Å². The molecule has 0 saturated carbocycles. The van der Waals surface area contributed by atoms with E-state index in [0.717, 1.165) is 12.8 Å². The van der Waals surface area contributed by atoms with Crippen molar-refractivity contribution in [2.45, 2.75) is 25.7 Å². The van der Waals surface area contributed by atoms with Crippen molar-refractivity contribution in [3.8, 4) is 11.8 Å². The molecule has 1 unspecified atom stereocenters. The number of benzene rings is 1. The van der Waals surface area contributed by atoms with E-state index < -0.39 is 0 Å². The first-order valence-corrected chi connectivity index (χ1v) is 4.97. The van der Waals surface area contributed by atoms with Crippen molar-refractivity contribution < 1.29 is 0 Å². The average Bonchev–Trinajstić information content (AvgIpc) is 2.21. The molecule has 1 aromatic carbocycles. The van der Waals surface area contributed by atoms with E-state index in [-0.39, 0.29) is 0 Å². The minimum absolute atomic E-state index is 0.608. The van der Waals surface area contributed by atoms with Gasteiger partial charge >= 0.3 is 0 Å². The summed E-state index contributed by atoms with van der Waals surface area (Å²) in [5, 5.41) is 0. The summed E-state index contributed by atoms with van der Waals surface area (Å²) in [5.74, 6) is 7.13. The van der Waals surface area contributed by atoms with Crippen LogP contribution in [0.2, 0.25) is 0 Å². The average molecular weight is 170 g/mol. The summed E-state index contributed by atoms with van der Waals surface area (Å²) in [4.78, 5) is 0. The second-order valence-corrected chi connectivity index (χ2v) is 3.60. The number of hydrogen-bond donors (Lipinski definition) is 0. The predicted octanol–water partition coefficient (Wildman–Crippen LogP) is 3.03. The first kappa shape index (κ1) is 8.38. The van der Waals surface area contributed by atoms with Crippen LogP contribution in [-0.2, 0) is 6.42 Å². The van der Waals surface area contributed by atoms with Gasteiger partial charge in [-0.3, -0.25) is 0 Å². The lowest BCUT2D eigenvalue weighted by Gasteiger charge is -2.12. The Morgan fingerprint density at radius 3 is 2.77 bits per heavy atom. The van der Waals surface area contributed by atoms with Crippen LogP contribution in [-0.4, -0.2) is 0 Å². The molecule has 1 aromatic rings. The smallest absolute Gasteiger partial charge is 0.0243 e. The van der Waals surface area contributed by atoms with Crippen molar-refractivity contribution in [1.29, 1.82) is 0 Å². The van der Waals surface area contributed by atoms with Gasteiger partial charge < -0.3 is 0 Å². The Hall–Kier alpha value is -1.22. The zero-order chi connectivity index (χ0) is 8.93. The van der Waals surface area contributed by atoms with Gasteiger partial charge in [0.05, 0.1) is 0 Å². The first-order chi connectivity index (χ1) is 6.45. The molecule has 2 rings (SSSR count). The minimum atomic E-state index is 0.608. The van der Waals surface area contributed by atoms with Crippen LogP contribution in [0.25, 0.3) is 0 Å². The van der Waals surface area contributed by atoms with Crippen molar-refractivity contribution >= 4 is 0 Å². The summed E-state index contributed by atoms with van der Waals surface area (Å²) in [6.45, 7) is 0. The third-order valence-electron chi connectivity index (χ3n) is 2.49. The molecule has 66 valence electrons. The van der Waals surface area contributed by atoms with Gasteiger partial charge in [-0.15, -0.1) is 5.92 Å². The standard InChI is InChI=1S/C13H14/c1-3-7-12(8-4-1)11-13-9-5-2-6-10-13/h1,3-4,7-8,13H,2,5,9,11H2. The van der Waals surface area contributed by atoms with Gasteiger partial charge in [-0.1, -0.05) is 36.3 Å². The fraction of sp³-hybridized carbons (Fsp3) is 0.385. The second kappa shape index (κ2) is 4.14. The molecule has 1 aliphatic rings. The fourth-order valence-corrected chi connectivity index (χ4v) is 1.78. The van der Waals surface area contributed by atoms with Gasteiger partial charge in [0, 0.05) is 12.3 Å². The Morgan fingerprint density at radius 1 is 1.23 bits per heavy atom. The van der Waals surface area contributed by atoms with Crippen molar-refractivity contribution in [2.24, 2.45) is 5.92 Å². The third kappa shape index (κ3) is 2.36. The highest BCUT2D eigenvalue weighted by Gasteiger charge is 2.08.